The fraction of sp³-hybridized carbons (Fsp3) is 0.286. The number of anilines is 1. The van der Waals surface area contributed by atoms with Crippen molar-refractivity contribution in [3.05, 3.63) is 98.4 Å². The molecule has 0 aliphatic heterocycles. The van der Waals surface area contributed by atoms with E-state index in [1.54, 1.807) is 0 Å². The van der Waals surface area contributed by atoms with Gasteiger partial charge in [-0.2, -0.15) is 0 Å². The van der Waals surface area contributed by atoms with Crippen molar-refractivity contribution >= 4 is 66.7 Å². The van der Waals surface area contributed by atoms with Crippen LogP contribution in [0.5, 0.6) is 0 Å². The predicted molar refractivity (Wildman–Crippen MR) is 161 cm³/mol. The Morgan fingerprint density at radius 2 is 1.67 bits per heavy atom. The van der Waals surface area contributed by atoms with Gasteiger partial charge in [0.1, 0.15) is 12.6 Å². The summed E-state index contributed by atoms with van der Waals surface area (Å²) in [6, 6.07) is 20.3. The zero-order valence-electron chi connectivity index (χ0n) is 21.6. The third kappa shape index (κ3) is 8.96. The molecule has 1 unspecified atom stereocenters. The first-order valence-electron chi connectivity index (χ1n) is 12.3. The zero-order valence-corrected chi connectivity index (χ0v) is 25.5. The highest BCUT2D eigenvalue weighted by atomic mass is 79.9. The molecule has 7 nitrogen and oxygen atoms in total. The summed E-state index contributed by atoms with van der Waals surface area (Å²) in [4.78, 5) is 28.9. The summed E-state index contributed by atoms with van der Waals surface area (Å²) in [6.45, 7) is 1.89. The number of nitrogens with one attached hydrogen (secondary N) is 1. The maximum absolute atomic E-state index is 14.0. The van der Waals surface area contributed by atoms with Gasteiger partial charge in [-0.15, -0.1) is 0 Å². The van der Waals surface area contributed by atoms with Crippen LogP contribution in [0.4, 0.5) is 5.69 Å². The van der Waals surface area contributed by atoms with E-state index in [4.69, 9.17) is 23.2 Å². The quantitative estimate of drug-likeness (QED) is 0.272. The molecule has 0 saturated carbocycles. The second kappa shape index (κ2) is 14.2. The Labute approximate surface area is 248 Å². The van der Waals surface area contributed by atoms with Gasteiger partial charge in [-0.05, 0) is 47.9 Å². The molecule has 3 aromatic rings. The van der Waals surface area contributed by atoms with E-state index in [2.05, 4.69) is 21.2 Å². The number of sulfonamides is 1. The van der Waals surface area contributed by atoms with Crippen LogP contribution in [0.25, 0.3) is 0 Å². The molecular weight excluding hydrogens is 625 g/mol. The van der Waals surface area contributed by atoms with E-state index >= 15 is 0 Å². The average Bonchev–Trinajstić information content (AvgIpc) is 2.89. The number of rotatable bonds is 12. The molecule has 0 aromatic heterocycles. The van der Waals surface area contributed by atoms with Gasteiger partial charge in [0.15, 0.2) is 0 Å². The van der Waals surface area contributed by atoms with E-state index in [0.29, 0.717) is 6.54 Å². The fourth-order valence-electron chi connectivity index (χ4n) is 4.02. The van der Waals surface area contributed by atoms with Gasteiger partial charge in [0.25, 0.3) is 0 Å². The van der Waals surface area contributed by atoms with Crippen molar-refractivity contribution in [3.8, 4) is 0 Å². The summed E-state index contributed by atoms with van der Waals surface area (Å²) in [5, 5.41) is 3.29. The van der Waals surface area contributed by atoms with Gasteiger partial charge in [0.05, 0.1) is 17.0 Å². The smallest absolute Gasteiger partial charge is 0.244 e. The van der Waals surface area contributed by atoms with Crippen LogP contribution in [0.1, 0.15) is 24.5 Å². The number of nitrogens with zero attached hydrogens (tertiary/aromatic N) is 2. The first-order chi connectivity index (χ1) is 18.5. The SMILES string of the molecule is CCCNC(=O)C(Cc1ccccc1)N(Cc1cccc(Br)c1)C(=O)CN(c1cc(Cl)ccc1Cl)S(C)(=O)=O. The van der Waals surface area contributed by atoms with Crippen LogP contribution < -0.4 is 9.62 Å². The molecule has 0 radical (unpaired) electrons. The Morgan fingerprint density at radius 1 is 0.974 bits per heavy atom. The molecule has 0 fully saturated rings. The molecule has 0 saturated heterocycles. The van der Waals surface area contributed by atoms with Gasteiger partial charge in [-0.3, -0.25) is 13.9 Å². The molecule has 0 bridgehead atoms. The lowest BCUT2D eigenvalue weighted by Gasteiger charge is -2.33. The van der Waals surface area contributed by atoms with E-state index < -0.39 is 28.5 Å². The number of amides is 2. The molecule has 0 aliphatic carbocycles. The van der Waals surface area contributed by atoms with Crippen molar-refractivity contribution in [1.82, 2.24) is 10.2 Å². The third-order valence-electron chi connectivity index (χ3n) is 5.92. The standard InChI is InChI=1S/C28H30BrCl2N3O4S/c1-3-14-32-28(36)26(16-20-8-5-4-6-9-20)33(18-21-10-7-11-22(29)15-21)27(35)19-34(39(2,37)38)25-17-23(30)12-13-24(25)31/h4-13,15,17,26H,3,14,16,18-19H2,1-2H3,(H,32,36). The third-order valence-corrected chi connectivity index (χ3v) is 8.09. The lowest BCUT2D eigenvalue weighted by molar-refractivity contribution is -0.140. The molecule has 3 rings (SSSR count). The number of hydrogen-bond donors (Lipinski definition) is 1. The highest BCUT2D eigenvalue weighted by Crippen LogP contribution is 2.31. The molecule has 2 amide bonds. The number of carbonyl (C=O) groups is 2. The largest absolute Gasteiger partial charge is 0.354 e. The van der Waals surface area contributed by atoms with E-state index in [1.165, 1.54) is 23.1 Å². The second-order valence-electron chi connectivity index (χ2n) is 9.01. The Kier molecular flexibility index (Phi) is 11.2. The minimum absolute atomic E-state index is 0.0796. The van der Waals surface area contributed by atoms with Crippen molar-refractivity contribution < 1.29 is 18.0 Å². The highest BCUT2D eigenvalue weighted by molar-refractivity contribution is 9.10. The monoisotopic (exact) mass is 653 g/mol. The number of carbonyl (C=O) groups excluding carboxylic acids is 2. The molecule has 11 heteroatoms. The van der Waals surface area contributed by atoms with Crippen molar-refractivity contribution in [3.63, 3.8) is 0 Å². The van der Waals surface area contributed by atoms with Crippen LogP contribution in [0.15, 0.2) is 77.3 Å². The summed E-state index contributed by atoms with van der Waals surface area (Å²) in [7, 11) is -3.95. The van der Waals surface area contributed by atoms with Gasteiger partial charge in [-0.25, -0.2) is 8.42 Å². The summed E-state index contributed by atoms with van der Waals surface area (Å²) in [6.07, 6.45) is 1.96. The fourth-order valence-corrected chi connectivity index (χ4v) is 5.76. The molecule has 39 heavy (non-hydrogen) atoms. The summed E-state index contributed by atoms with van der Waals surface area (Å²) >= 11 is 15.9. The van der Waals surface area contributed by atoms with E-state index in [0.717, 1.165) is 32.6 Å². The van der Waals surface area contributed by atoms with E-state index in [9.17, 15) is 18.0 Å². The molecule has 208 valence electrons. The highest BCUT2D eigenvalue weighted by Gasteiger charge is 2.33. The topological polar surface area (TPSA) is 86.8 Å². The van der Waals surface area contributed by atoms with Crippen LogP contribution in [0, 0.1) is 0 Å². The number of benzene rings is 3. The molecule has 0 spiro atoms. The minimum atomic E-state index is -3.95. The average molecular weight is 655 g/mol. The first kappa shape index (κ1) is 30.9. The lowest BCUT2D eigenvalue weighted by Crippen LogP contribution is -2.53. The molecule has 0 aliphatic rings. The van der Waals surface area contributed by atoms with Gasteiger partial charge >= 0.3 is 0 Å². The van der Waals surface area contributed by atoms with E-state index in [-0.39, 0.29) is 34.6 Å². The van der Waals surface area contributed by atoms with Crippen molar-refractivity contribution in [2.24, 2.45) is 0 Å². The predicted octanol–water partition coefficient (Wildman–Crippen LogP) is 5.69. The maximum Gasteiger partial charge on any atom is 0.244 e. The molecule has 0 heterocycles. The molecular formula is C28H30BrCl2N3O4S. The number of halogens is 3. The lowest BCUT2D eigenvalue weighted by atomic mass is 10.0. The molecule has 3 aromatic carbocycles. The van der Waals surface area contributed by atoms with Gasteiger partial charge in [0, 0.05) is 29.0 Å². The van der Waals surface area contributed by atoms with Crippen LogP contribution in [-0.4, -0.2) is 50.5 Å². The summed E-state index contributed by atoms with van der Waals surface area (Å²) < 4.78 is 27.4. The van der Waals surface area contributed by atoms with Crippen LogP contribution in [-0.2, 0) is 32.6 Å². The second-order valence-corrected chi connectivity index (χ2v) is 12.7. The Hall–Kier alpha value is -2.59. The summed E-state index contributed by atoms with van der Waals surface area (Å²) in [5.41, 5.74) is 1.71. The Bertz CT molecular complexity index is 1410. The van der Waals surface area contributed by atoms with Gasteiger partial charge in [-0.1, -0.05) is 88.5 Å². The van der Waals surface area contributed by atoms with Crippen LogP contribution >= 0.6 is 39.1 Å². The Morgan fingerprint density at radius 3 is 2.31 bits per heavy atom. The van der Waals surface area contributed by atoms with Gasteiger partial charge < -0.3 is 10.2 Å². The molecule has 1 N–H and O–H groups in total. The number of hydrogen-bond acceptors (Lipinski definition) is 4. The summed E-state index contributed by atoms with van der Waals surface area (Å²) in [5.74, 6) is -0.889. The molecule has 1 atom stereocenters. The van der Waals surface area contributed by atoms with Gasteiger partial charge in [0.2, 0.25) is 21.8 Å². The first-order valence-corrected chi connectivity index (χ1v) is 15.7. The normalized spacial score (nSPS) is 12.0. The minimum Gasteiger partial charge on any atom is -0.354 e. The Balaban J connectivity index is 2.07. The van der Waals surface area contributed by atoms with Crippen molar-refractivity contribution in [2.45, 2.75) is 32.4 Å². The zero-order chi connectivity index (χ0) is 28.6. The van der Waals surface area contributed by atoms with Crippen molar-refractivity contribution in [2.75, 3.05) is 23.7 Å². The van der Waals surface area contributed by atoms with E-state index in [1.807, 2.05) is 61.5 Å². The van der Waals surface area contributed by atoms with Crippen LogP contribution in [0.2, 0.25) is 10.0 Å². The van der Waals surface area contributed by atoms with Crippen molar-refractivity contribution in [1.29, 1.82) is 0 Å². The maximum atomic E-state index is 14.0. The van der Waals surface area contributed by atoms with Crippen LogP contribution in [0.3, 0.4) is 0 Å².